The van der Waals surface area contributed by atoms with Crippen molar-refractivity contribution in [3.05, 3.63) is 35.9 Å². The second-order valence-corrected chi connectivity index (χ2v) is 4.93. The van der Waals surface area contributed by atoms with Gasteiger partial charge in [0.05, 0.1) is 0 Å². The second-order valence-electron chi connectivity index (χ2n) is 4.93. The van der Waals surface area contributed by atoms with Gasteiger partial charge in [-0.25, -0.2) is 0 Å². The third-order valence-electron chi connectivity index (χ3n) is 3.68. The number of hydrogen-bond donors (Lipinski definition) is 2. The van der Waals surface area contributed by atoms with Crippen molar-refractivity contribution in [3.63, 3.8) is 0 Å². The van der Waals surface area contributed by atoms with Crippen molar-refractivity contribution in [2.24, 2.45) is 17.4 Å². The van der Waals surface area contributed by atoms with Gasteiger partial charge < -0.3 is 11.5 Å². The van der Waals surface area contributed by atoms with Crippen LogP contribution in [0, 0.1) is 5.92 Å². The van der Waals surface area contributed by atoms with Gasteiger partial charge in [0.15, 0.2) is 0 Å². The van der Waals surface area contributed by atoms with Crippen LogP contribution in [0.5, 0.6) is 0 Å². The molecule has 19 heavy (non-hydrogen) atoms. The average Bonchev–Trinajstić information content (AvgIpc) is 2.40. The number of piperidine rings is 1. The molecule has 2 amide bonds. The molecule has 1 aliphatic rings. The fourth-order valence-corrected chi connectivity index (χ4v) is 2.63. The summed E-state index contributed by atoms with van der Waals surface area (Å²) < 4.78 is 0. The van der Waals surface area contributed by atoms with Crippen molar-refractivity contribution in [2.45, 2.75) is 18.9 Å². The molecule has 5 heteroatoms. The Hall–Kier alpha value is -1.88. The highest BCUT2D eigenvalue weighted by atomic mass is 16.1. The normalized spacial score (nSPS) is 18.9. The molecule has 0 unspecified atom stereocenters. The van der Waals surface area contributed by atoms with Gasteiger partial charge >= 0.3 is 0 Å². The zero-order chi connectivity index (χ0) is 13.8. The van der Waals surface area contributed by atoms with Crippen LogP contribution in [-0.2, 0) is 9.59 Å². The Labute approximate surface area is 112 Å². The Kier molecular flexibility index (Phi) is 4.16. The zero-order valence-electron chi connectivity index (χ0n) is 10.8. The molecule has 1 aliphatic heterocycles. The van der Waals surface area contributed by atoms with E-state index in [2.05, 4.69) is 0 Å². The Morgan fingerprint density at radius 1 is 1.11 bits per heavy atom. The van der Waals surface area contributed by atoms with E-state index in [0.717, 1.165) is 5.56 Å². The van der Waals surface area contributed by atoms with Gasteiger partial charge in [-0.2, -0.15) is 0 Å². The summed E-state index contributed by atoms with van der Waals surface area (Å²) >= 11 is 0. The largest absolute Gasteiger partial charge is 0.369 e. The number of primary amides is 2. The van der Waals surface area contributed by atoms with Gasteiger partial charge in [-0.1, -0.05) is 30.3 Å². The van der Waals surface area contributed by atoms with Crippen LogP contribution in [0.25, 0.3) is 0 Å². The average molecular weight is 261 g/mol. The molecule has 0 saturated carbocycles. The maximum atomic E-state index is 11.7. The smallest absolute Gasteiger partial charge is 0.239 e. The Bertz CT molecular complexity index is 453. The number of amides is 2. The van der Waals surface area contributed by atoms with E-state index >= 15 is 0 Å². The van der Waals surface area contributed by atoms with Crippen LogP contribution in [0.15, 0.2) is 30.3 Å². The lowest BCUT2D eigenvalue weighted by atomic mass is 9.93. The van der Waals surface area contributed by atoms with E-state index in [1.807, 2.05) is 35.2 Å². The van der Waals surface area contributed by atoms with Crippen molar-refractivity contribution in [1.82, 2.24) is 4.90 Å². The lowest BCUT2D eigenvalue weighted by molar-refractivity contribution is -0.125. The highest BCUT2D eigenvalue weighted by molar-refractivity contribution is 5.81. The van der Waals surface area contributed by atoms with E-state index in [-0.39, 0.29) is 17.7 Å². The predicted molar refractivity (Wildman–Crippen MR) is 71.9 cm³/mol. The molecular formula is C14H19N3O2. The molecule has 1 aromatic rings. The number of hydrogen-bond acceptors (Lipinski definition) is 3. The molecule has 1 atom stereocenters. The third kappa shape index (κ3) is 3.12. The SMILES string of the molecule is NC(=O)C1CCN([C@H](C(N)=O)c2ccccc2)CC1. The monoisotopic (exact) mass is 261 g/mol. The molecule has 1 heterocycles. The quantitative estimate of drug-likeness (QED) is 0.822. The molecule has 4 N–H and O–H groups in total. The van der Waals surface area contributed by atoms with E-state index in [0.29, 0.717) is 25.9 Å². The van der Waals surface area contributed by atoms with Crippen molar-refractivity contribution in [3.8, 4) is 0 Å². The molecule has 0 aromatic heterocycles. The standard InChI is InChI=1S/C14H19N3O2/c15-13(18)11-6-8-17(9-7-11)12(14(16)19)10-4-2-1-3-5-10/h1-5,11-12H,6-9H2,(H2,15,18)(H2,16,19)/t12-/m0/s1. The number of benzene rings is 1. The minimum Gasteiger partial charge on any atom is -0.369 e. The summed E-state index contributed by atoms with van der Waals surface area (Å²) in [6.07, 6.45) is 1.37. The molecule has 0 radical (unpaired) electrons. The highest BCUT2D eigenvalue weighted by Crippen LogP contribution is 2.26. The van der Waals surface area contributed by atoms with Crippen molar-refractivity contribution < 1.29 is 9.59 Å². The van der Waals surface area contributed by atoms with Crippen molar-refractivity contribution in [1.29, 1.82) is 0 Å². The van der Waals surface area contributed by atoms with E-state index in [1.54, 1.807) is 0 Å². The van der Waals surface area contributed by atoms with Crippen molar-refractivity contribution in [2.75, 3.05) is 13.1 Å². The topological polar surface area (TPSA) is 89.4 Å². The maximum absolute atomic E-state index is 11.7. The van der Waals surface area contributed by atoms with Gasteiger partial charge in [0.25, 0.3) is 0 Å². The van der Waals surface area contributed by atoms with Crippen LogP contribution in [0.4, 0.5) is 0 Å². The maximum Gasteiger partial charge on any atom is 0.239 e. The molecule has 2 rings (SSSR count). The van der Waals surface area contributed by atoms with Crippen LogP contribution in [-0.4, -0.2) is 29.8 Å². The van der Waals surface area contributed by atoms with Gasteiger partial charge in [-0.3, -0.25) is 14.5 Å². The third-order valence-corrected chi connectivity index (χ3v) is 3.68. The molecule has 0 aliphatic carbocycles. The number of likely N-dealkylation sites (tertiary alicyclic amines) is 1. The summed E-state index contributed by atoms with van der Waals surface area (Å²) in [5, 5.41) is 0. The number of rotatable bonds is 4. The van der Waals surface area contributed by atoms with Crippen LogP contribution in [0.1, 0.15) is 24.4 Å². The summed E-state index contributed by atoms with van der Waals surface area (Å²) in [6.45, 7) is 1.33. The zero-order valence-corrected chi connectivity index (χ0v) is 10.8. The Morgan fingerprint density at radius 2 is 1.68 bits per heavy atom. The fraction of sp³-hybridized carbons (Fsp3) is 0.429. The number of carbonyl (C=O) groups excluding carboxylic acids is 2. The molecule has 1 aromatic carbocycles. The summed E-state index contributed by atoms with van der Waals surface area (Å²) in [7, 11) is 0. The van der Waals surface area contributed by atoms with Crippen molar-refractivity contribution >= 4 is 11.8 Å². The summed E-state index contributed by atoms with van der Waals surface area (Å²) in [5.41, 5.74) is 11.7. The first kappa shape index (κ1) is 13.5. The molecule has 0 bridgehead atoms. The number of nitrogens with zero attached hydrogens (tertiary/aromatic N) is 1. The summed E-state index contributed by atoms with van der Waals surface area (Å²) in [5.74, 6) is -0.695. The van der Waals surface area contributed by atoms with Gasteiger partial charge in [0, 0.05) is 5.92 Å². The van der Waals surface area contributed by atoms with E-state index < -0.39 is 6.04 Å². The highest BCUT2D eigenvalue weighted by Gasteiger charge is 2.31. The van der Waals surface area contributed by atoms with E-state index in [4.69, 9.17) is 11.5 Å². The second kappa shape index (κ2) is 5.84. The molecule has 5 nitrogen and oxygen atoms in total. The van der Waals surface area contributed by atoms with Crippen LogP contribution < -0.4 is 11.5 Å². The minimum atomic E-state index is -0.421. The lowest BCUT2D eigenvalue weighted by Crippen LogP contribution is -2.44. The molecule has 102 valence electrons. The predicted octanol–water partition coefficient (Wildman–Crippen LogP) is 0.410. The van der Waals surface area contributed by atoms with Gasteiger partial charge in [0.1, 0.15) is 6.04 Å². The molecule has 1 saturated heterocycles. The fourth-order valence-electron chi connectivity index (χ4n) is 2.63. The van der Waals surface area contributed by atoms with E-state index in [9.17, 15) is 9.59 Å². The Morgan fingerprint density at radius 3 is 2.16 bits per heavy atom. The minimum absolute atomic E-state index is 0.0828. The first-order chi connectivity index (χ1) is 9.09. The van der Waals surface area contributed by atoms with E-state index in [1.165, 1.54) is 0 Å². The lowest BCUT2D eigenvalue weighted by Gasteiger charge is -2.35. The summed E-state index contributed by atoms with van der Waals surface area (Å²) in [6, 6.07) is 9.06. The van der Waals surface area contributed by atoms with Crippen LogP contribution in [0.3, 0.4) is 0 Å². The van der Waals surface area contributed by atoms with Crippen LogP contribution >= 0.6 is 0 Å². The number of nitrogens with two attached hydrogens (primary N) is 2. The molecular weight excluding hydrogens is 242 g/mol. The summed E-state index contributed by atoms with van der Waals surface area (Å²) in [4.78, 5) is 24.9. The Balaban J connectivity index is 2.10. The first-order valence-corrected chi connectivity index (χ1v) is 6.47. The molecule has 1 fully saturated rings. The molecule has 0 spiro atoms. The van der Waals surface area contributed by atoms with Crippen LogP contribution in [0.2, 0.25) is 0 Å². The van der Waals surface area contributed by atoms with Gasteiger partial charge in [-0.05, 0) is 31.5 Å². The first-order valence-electron chi connectivity index (χ1n) is 6.47. The van der Waals surface area contributed by atoms with Gasteiger partial charge in [0.2, 0.25) is 11.8 Å². The number of carbonyl (C=O) groups is 2. The van der Waals surface area contributed by atoms with Gasteiger partial charge in [-0.15, -0.1) is 0 Å².